The number of allylic oxidation sites excluding steroid dienone is 1. The zero-order chi connectivity index (χ0) is 9.78. The van der Waals surface area contributed by atoms with Gasteiger partial charge in [-0.15, -0.1) is 6.58 Å². The molecule has 2 nitrogen and oxygen atoms in total. The Bertz CT molecular complexity index is 184. The van der Waals surface area contributed by atoms with E-state index in [1.54, 1.807) is 0 Å². The molecule has 0 aromatic rings. The molecule has 0 aliphatic carbocycles. The van der Waals surface area contributed by atoms with E-state index in [1.165, 1.54) is 0 Å². The van der Waals surface area contributed by atoms with Crippen molar-refractivity contribution < 1.29 is 14.0 Å². The molecule has 0 aliphatic rings. The third-order valence-electron chi connectivity index (χ3n) is 0.869. The Hall–Kier alpha value is -0.790. The first-order valence-corrected chi connectivity index (χ1v) is 2.74. The standard InChI is InChI=1S/C7H12O2/c1-6(2)4-3-5-7(8)9/h1,3-5H2,2H3,(H,8,9)/i2D3. The summed E-state index contributed by atoms with van der Waals surface area (Å²) in [5.74, 6) is -0.909. The van der Waals surface area contributed by atoms with Crippen molar-refractivity contribution in [1.82, 2.24) is 0 Å². The van der Waals surface area contributed by atoms with Gasteiger partial charge in [-0.05, 0) is 19.7 Å². The van der Waals surface area contributed by atoms with Crippen LogP contribution in [-0.4, -0.2) is 11.1 Å². The van der Waals surface area contributed by atoms with Crippen molar-refractivity contribution in [3.05, 3.63) is 12.2 Å². The van der Waals surface area contributed by atoms with Crippen molar-refractivity contribution in [3.8, 4) is 0 Å². The normalized spacial score (nSPS) is 15.3. The van der Waals surface area contributed by atoms with Gasteiger partial charge < -0.3 is 5.11 Å². The first-order valence-electron chi connectivity index (χ1n) is 4.24. The number of carboxylic acids is 1. The molecule has 52 valence electrons. The Labute approximate surface area is 59.4 Å². The molecule has 0 unspecified atom stereocenters. The number of carbonyl (C=O) groups is 1. The molecule has 0 aliphatic heterocycles. The van der Waals surface area contributed by atoms with E-state index in [-0.39, 0.29) is 18.4 Å². The summed E-state index contributed by atoms with van der Waals surface area (Å²) in [6.45, 7) is 1.23. The number of carboxylic acid groups (broad SMARTS) is 1. The average molecular weight is 131 g/mol. The molecule has 1 N–H and O–H groups in total. The Morgan fingerprint density at radius 1 is 1.78 bits per heavy atom. The molecule has 0 atom stereocenters. The van der Waals surface area contributed by atoms with Gasteiger partial charge in [-0.3, -0.25) is 4.79 Å². The zero-order valence-corrected chi connectivity index (χ0v) is 5.18. The highest BCUT2D eigenvalue weighted by molar-refractivity contribution is 5.66. The van der Waals surface area contributed by atoms with E-state index in [0.717, 1.165) is 0 Å². The predicted molar refractivity (Wildman–Crippen MR) is 36.3 cm³/mol. The molecule has 0 rings (SSSR count). The smallest absolute Gasteiger partial charge is 0.303 e. The number of aliphatic carboxylic acids is 1. The number of hydrogen-bond donors (Lipinski definition) is 1. The van der Waals surface area contributed by atoms with Gasteiger partial charge >= 0.3 is 5.97 Å². The van der Waals surface area contributed by atoms with Crippen LogP contribution in [0.5, 0.6) is 0 Å². The Morgan fingerprint density at radius 2 is 2.44 bits per heavy atom. The molecule has 0 spiro atoms. The van der Waals surface area contributed by atoms with Crippen LogP contribution >= 0.6 is 0 Å². The maximum absolute atomic E-state index is 10.1. The molecular formula is C7H12O2. The van der Waals surface area contributed by atoms with Crippen LogP contribution in [0.4, 0.5) is 0 Å². The minimum Gasteiger partial charge on any atom is -0.481 e. The van der Waals surface area contributed by atoms with Gasteiger partial charge in [0.1, 0.15) is 0 Å². The summed E-state index contributed by atoms with van der Waals surface area (Å²) >= 11 is 0. The lowest BCUT2D eigenvalue weighted by molar-refractivity contribution is -0.137. The van der Waals surface area contributed by atoms with Crippen LogP contribution < -0.4 is 0 Å². The van der Waals surface area contributed by atoms with E-state index >= 15 is 0 Å². The summed E-state index contributed by atoms with van der Waals surface area (Å²) in [5.41, 5.74) is 0.128. The van der Waals surface area contributed by atoms with Gasteiger partial charge in [0.25, 0.3) is 0 Å². The molecule has 0 amide bonds. The Kier molecular flexibility index (Phi) is 1.88. The third-order valence-corrected chi connectivity index (χ3v) is 0.869. The van der Waals surface area contributed by atoms with Gasteiger partial charge in [0.05, 0.1) is 0 Å². The SMILES string of the molecule is [2H]C([2H])([2H])C(=C)CCCC(=O)O. The van der Waals surface area contributed by atoms with Crippen LogP contribution in [0.25, 0.3) is 0 Å². The summed E-state index contributed by atoms with van der Waals surface area (Å²) < 4.78 is 20.7. The fraction of sp³-hybridized carbons (Fsp3) is 0.571. The minimum atomic E-state index is -2.14. The second-order valence-corrected chi connectivity index (χ2v) is 1.85. The summed E-state index contributed by atoms with van der Waals surface area (Å²) in [4.78, 5) is 10.1. The molecule has 0 aromatic carbocycles. The molecule has 0 fully saturated rings. The highest BCUT2D eigenvalue weighted by Gasteiger charge is 1.94. The zero-order valence-electron chi connectivity index (χ0n) is 8.18. The van der Waals surface area contributed by atoms with E-state index in [2.05, 4.69) is 6.58 Å². The first-order chi connectivity index (χ1) is 5.34. The minimum absolute atomic E-state index is 0.00486. The molecule has 2 heteroatoms. The molecule has 0 radical (unpaired) electrons. The summed E-state index contributed by atoms with van der Waals surface area (Å²) in [7, 11) is 0. The van der Waals surface area contributed by atoms with Gasteiger partial charge in [-0.25, -0.2) is 0 Å². The lowest BCUT2D eigenvalue weighted by Gasteiger charge is -1.93. The second-order valence-electron chi connectivity index (χ2n) is 1.85. The van der Waals surface area contributed by atoms with Gasteiger partial charge in [0, 0.05) is 10.5 Å². The Morgan fingerprint density at radius 3 is 2.89 bits per heavy atom. The van der Waals surface area contributed by atoms with Crippen LogP contribution in [0, 0.1) is 0 Å². The first kappa shape index (κ1) is 4.09. The topological polar surface area (TPSA) is 37.3 Å². The van der Waals surface area contributed by atoms with E-state index in [1.807, 2.05) is 0 Å². The lowest BCUT2D eigenvalue weighted by atomic mass is 10.1. The van der Waals surface area contributed by atoms with Crippen molar-refractivity contribution in [2.24, 2.45) is 0 Å². The highest BCUT2D eigenvalue weighted by atomic mass is 16.4. The van der Waals surface area contributed by atoms with Crippen LogP contribution in [0.15, 0.2) is 12.2 Å². The van der Waals surface area contributed by atoms with Gasteiger partial charge in [-0.1, -0.05) is 5.57 Å². The van der Waals surface area contributed by atoms with Gasteiger partial charge in [0.2, 0.25) is 0 Å². The van der Waals surface area contributed by atoms with E-state index in [4.69, 9.17) is 9.22 Å². The van der Waals surface area contributed by atoms with Gasteiger partial charge in [0.15, 0.2) is 0 Å². The van der Waals surface area contributed by atoms with E-state index in [0.29, 0.717) is 6.42 Å². The third kappa shape index (κ3) is 7.21. The molecule has 0 saturated heterocycles. The maximum Gasteiger partial charge on any atom is 0.303 e. The fourth-order valence-electron chi connectivity index (χ4n) is 0.453. The lowest BCUT2D eigenvalue weighted by Crippen LogP contribution is -1.93. The van der Waals surface area contributed by atoms with Crippen LogP contribution in [0.1, 0.15) is 30.2 Å². The van der Waals surface area contributed by atoms with Crippen molar-refractivity contribution in [2.45, 2.75) is 26.1 Å². The molecular weight excluding hydrogens is 116 g/mol. The summed E-state index contributed by atoms with van der Waals surface area (Å²) in [6, 6.07) is 0. The monoisotopic (exact) mass is 131 g/mol. The van der Waals surface area contributed by atoms with Crippen molar-refractivity contribution in [1.29, 1.82) is 0 Å². The van der Waals surface area contributed by atoms with E-state index in [9.17, 15) is 4.79 Å². The summed E-state index contributed by atoms with van der Waals surface area (Å²) in [6.07, 6.45) is 0.588. The second kappa shape index (κ2) is 4.13. The molecule has 0 bridgehead atoms. The van der Waals surface area contributed by atoms with E-state index < -0.39 is 12.8 Å². The molecule has 0 heterocycles. The summed E-state index contributed by atoms with van der Waals surface area (Å²) in [5, 5.41) is 8.26. The highest BCUT2D eigenvalue weighted by Crippen LogP contribution is 2.02. The van der Waals surface area contributed by atoms with Crippen LogP contribution in [0.2, 0.25) is 0 Å². The maximum atomic E-state index is 10.1. The number of hydrogen-bond acceptors (Lipinski definition) is 1. The van der Waals surface area contributed by atoms with Crippen molar-refractivity contribution >= 4 is 5.97 Å². The molecule has 0 aromatic heterocycles. The quantitative estimate of drug-likeness (QED) is 0.591. The predicted octanol–water partition coefficient (Wildman–Crippen LogP) is 1.82. The van der Waals surface area contributed by atoms with Gasteiger partial charge in [-0.2, -0.15) is 0 Å². The van der Waals surface area contributed by atoms with Crippen LogP contribution in [-0.2, 0) is 4.79 Å². The number of rotatable bonds is 4. The molecule has 0 saturated carbocycles. The molecule has 9 heavy (non-hydrogen) atoms. The largest absolute Gasteiger partial charge is 0.481 e. The fourth-order valence-corrected chi connectivity index (χ4v) is 0.453. The Balaban J connectivity index is 3.66. The van der Waals surface area contributed by atoms with Crippen molar-refractivity contribution in [3.63, 3.8) is 0 Å². The van der Waals surface area contributed by atoms with Crippen molar-refractivity contribution in [2.75, 3.05) is 0 Å². The van der Waals surface area contributed by atoms with Crippen LogP contribution in [0.3, 0.4) is 0 Å². The average Bonchev–Trinajstić information content (AvgIpc) is 1.84.